The van der Waals surface area contributed by atoms with E-state index in [9.17, 15) is 17.6 Å². The number of nitrogens with one attached hydrogen (secondary N) is 2. The first-order valence-corrected chi connectivity index (χ1v) is 9.81. The Bertz CT molecular complexity index is 847. The van der Waals surface area contributed by atoms with E-state index in [1.54, 1.807) is 12.1 Å². The van der Waals surface area contributed by atoms with E-state index < -0.39 is 27.8 Å². The minimum absolute atomic E-state index is 0.0969. The lowest BCUT2D eigenvalue weighted by Crippen LogP contribution is -2.44. The van der Waals surface area contributed by atoms with Gasteiger partial charge in [0.2, 0.25) is 15.9 Å². The van der Waals surface area contributed by atoms with Crippen LogP contribution >= 0.6 is 0 Å². The van der Waals surface area contributed by atoms with Gasteiger partial charge in [-0.2, -0.15) is 4.72 Å². The van der Waals surface area contributed by atoms with Gasteiger partial charge in [-0.05, 0) is 55.7 Å². The summed E-state index contributed by atoms with van der Waals surface area (Å²) in [6, 6.07) is 10.8. The lowest BCUT2D eigenvalue weighted by atomic mass is 10.0. The van der Waals surface area contributed by atoms with Crippen molar-refractivity contribution in [3.63, 3.8) is 0 Å². The molecule has 0 spiro atoms. The van der Waals surface area contributed by atoms with E-state index >= 15 is 0 Å². The first kappa shape index (κ1) is 20.1. The zero-order valence-corrected chi connectivity index (χ0v) is 15.8. The molecule has 0 saturated carbocycles. The van der Waals surface area contributed by atoms with Crippen molar-refractivity contribution in [1.82, 2.24) is 4.72 Å². The van der Waals surface area contributed by atoms with Crippen molar-refractivity contribution in [3.8, 4) is 0 Å². The van der Waals surface area contributed by atoms with Gasteiger partial charge < -0.3 is 5.32 Å². The van der Waals surface area contributed by atoms with Crippen molar-refractivity contribution >= 4 is 21.6 Å². The number of hydrogen-bond donors (Lipinski definition) is 2. The highest BCUT2D eigenvalue weighted by atomic mass is 32.2. The van der Waals surface area contributed by atoms with Crippen LogP contribution in [0.15, 0.2) is 53.4 Å². The van der Waals surface area contributed by atoms with Crippen LogP contribution in [-0.4, -0.2) is 20.4 Å². The van der Waals surface area contributed by atoms with E-state index in [0.717, 1.165) is 5.56 Å². The number of benzene rings is 2. The predicted octanol–water partition coefficient (Wildman–Crippen LogP) is 3.47. The van der Waals surface area contributed by atoms with Crippen molar-refractivity contribution in [2.24, 2.45) is 5.92 Å². The van der Waals surface area contributed by atoms with Crippen LogP contribution in [0.25, 0.3) is 0 Å². The van der Waals surface area contributed by atoms with E-state index in [1.807, 2.05) is 20.8 Å². The molecule has 2 rings (SSSR count). The molecule has 2 aromatic rings. The lowest BCUT2D eigenvalue weighted by Gasteiger charge is -2.20. The van der Waals surface area contributed by atoms with E-state index in [2.05, 4.69) is 10.0 Å². The number of hydrogen-bond acceptors (Lipinski definition) is 3. The van der Waals surface area contributed by atoms with Crippen molar-refractivity contribution in [1.29, 1.82) is 0 Å². The molecule has 1 atom stereocenters. The Kier molecular flexibility index (Phi) is 6.50. The number of sulfonamides is 1. The van der Waals surface area contributed by atoms with E-state index in [4.69, 9.17) is 0 Å². The second-order valence-electron chi connectivity index (χ2n) is 6.61. The van der Waals surface area contributed by atoms with Crippen LogP contribution in [0.5, 0.6) is 0 Å². The number of carbonyl (C=O) groups excluding carboxylic acids is 1. The Morgan fingerprint density at radius 2 is 1.62 bits per heavy atom. The molecule has 0 aliphatic rings. The van der Waals surface area contributed by atoms with Gasteiger partial charge in [-0.25, -0.2) is 12.8 Å². The smallest absolute Gasteiger partial charge is 0.242 e. The highest BCUT2D eigenvalue weighted by Crippen LogP contribution is 2.15. The summed E-state index contributed by atoms with van der Waals surface area (Å²) in [6.45, 7) is 5.66. The van der Waals surface area contributed by atoms with Crippen molar-refractivity contribution in [2.45, 2.75) is 38.1 Å². The summed E-state index contributed by atoms with van der Waals surface area (Å²) in [6.07, 6.45) is 0.331. The summed E-state index contributed by atoms with van der Waals surface area (Å²) in [5, 5.41) is 2.63. The second kappa shape index (κ2) is 8.42. The molecule has 0 radical (unpaired) electrons. The van der Waals surface area contributed by atoms with E-state index in [1.165, 1.54) is 36.4 Å². The van der Waals surface area contributed by atoms with Gasteiger partial charge in [0.1, 0.15) is 11.9 Å². The number of anilines is 1. The fraction of sp³-hybridized carbons (Fsp3) is 0.316. The van der Waals surface area contributed by atoms with Gasteiger partial charge in [0, 0.05) is 5.69 Å². The summed E-state index contributed by atoms with van der Waals surface area (Å²) in [7, 11) is -3.84. The molecule has 0 fully saturated rings. The van der Waals surface area contributed by atoms with Crippen LogP contribution in [-0.2, 0) is 14.8 Å². The molecule has 1 amide bonds. The fourth-order valence-electron chi connectivity index (χ4n) is 2.42. The maximum Gasteiger partial charge on any atom is 0.242 e. The van der Waals surface area contributed by atoms with E-state index in [0.29, 0.717) is 12.1 Å². The summed E-state index contributed by atoms with van der Waals surface area (Å²) < 4.78 is 40.7. The Balaban J connectivity index is 2.19. The minimum Gasteiger partial charge on any atom is -0.325 e. The zero-order chi connectivity index (χ0) is 19.3. The highest BCUT2D eigenvalue weighted by Gasteiger charge is 2.26. The maximum atomic E-state index is 13.0. The number of halogens is 1. The molecule has 0 aliphatic heterocycles. The Morgan fingerprint density at radius 1 is 1.04 bits per heavy atom. The molecule has 0 aliphatic carbocycles. The van der Waals surface area contributed by atoms with Crippen molar-refractivity contribution in [3.05, 3.63) is 59.9 Å². The molecule has 0 unspecified atom stereocenters. The Hall–Kier alpha value is -2.25. The number of amides is 1. The minimum atomic E-state index is -3.84. The molecule has 7 heteroatoms. The fourth-order valence-corrected chi connectivity index (χ4v) is 3.62. The summed E-state index contributed by atoms with van der Waals surface area (Å²) in [5.41, 5.74) is 1.34. The van der Waals surface area contributed by atoms with Crippen LogP contribution < -0.4 is 10.0 Å². The molecular weight excluding hydrogens is 355 g/mol. The Morgan fingerprint density at radius 3 is 2.15 bits per heavy atom. The largest absolute Gasteiger partial charge is 0.325 e. The summed E-state index contributed by atoms with van der Waals surface area (Å²) in [4.78, 5) is 12.7. The summed E-state index contributed by atoms with van der Waals surface area (Å²) in [5.74, 6) is -0.803. The molecule has 140 valence electrons. The van der Waals surface area contributed by atoms with Gasteiger partial charge in [0.25, 0.3) is 0 Å². The molecule has 5 nitrogen and oxygen atoms in total. The molecule has 0 saturated heterocycles. The van der Waals surface area contributed by atoms with E-state index in [-0.39, 0.29) is 10.8 Å². The topological polar surface area (TPSA) is 75.3 Å². The zero-order valence-electron chi connectivity index (χ0n) is 15.0. The first-order chi connectivity index (χ1) is 12.2. The third-order valence-corrected chi connectivity index (χ3v) is 5.25. The molecule has 2 aromatic carbocycles. The molecule has 0 heterocycles. The average Bonchev–Trinajstić information content (AvgIpc) is 2.56. The highest BCUT2D eigenvalue weighted by molar-refractivity contribution is 7.89. The van der Waals surface area contributed by atoms with Gasteiger partial charge in [0.05, 0.1) is 4.90 Å². The molecule has 0 aromatic heterocycles. The van der Waals surface area contributed by atoms with Gasteiger partial charge in [-0.3, -0.25) is 4.79 Å². The van der Waals surface area contributed by atoms with Crippen LogP contribution in [0.4, 0.5) is 10.1 Å². The van der Waals surface area contributed by atoms with Gasteiger partial charge in [-0.1, -0.05) is 31.5 Å². The molecule has 0 bridgehead atoms. The third-order valence-electron chi connectivity index (χ3n) is 3.76. The quantitative estimate of drug-likeness (QED) is 0.775. The normalized spacial score (nSPS) is 12.8. The standard InChI is InChI=1S/C19H23FN2O3S/c1-13(2)12-18(19(23)21-16-8-6-15(20)7-9-16)22-26(24,25)17-10-4-14(3)5-11-17/h4-11,13,18,22H,12H2,1-3H3,(H,21,23)/t18-/m1/s1. The predicted molar refractivity (Wildman–Crippen MR) is 99.8 cm³/mol. The monoisotopic (exact) mass is 378 g/mol. The van der Waals surface area contributed by atoms with Gasteiger partial charge in [0.15, 0.2) is 0 Å². The number of aryl methyl sites for hydroxylation is 1. The average molecular weight is 378 g/mol. The van der Waals surface area contributed by atoms with Crippen LogP contribution in [0.2, 0.25) is 0 Å². The molecule has 2 N–H and O–H groups in total. The van der Waals surface area contributed by atoms with Crippen molar-refractivity contribution in [2.75, 3.05) is 5.32 Å². The van der Waals surface area contributed by atoms with Gasteiger partial charge >= 0.3 is 0 Å². The second-order valence-corrected chi connectivity index (χ2v) is 8.33. The van der Waals surface area contributed by atoms with Crippen LogP contribution in [0.1, 0.15) is 25.8 Å². The molecule has 26 heavy (non-hydrogen) atoms. The van der Waals surface area contributed by atoms with Gasteiger partial charge in [-0.15, -0.1) is 0 Å². The summed E-state index contributed by atoms with van der Waals surface area (Å²) >= 11 is 0. The molecular formula is C19H23FN2O3S. The third kappa shape index (κ3) is 5.64. The van der Waals surface area contributed by atoms with Crippen molar-refractivity contribution < 1.29 is 17.6 Å². The number of rotatable bonds is 7. The Labute approximate surface area is 153 Å². The van der Waals surface area contributed by atoms with Crippen LogP contribution in [0, 0.1) is 18.7 Å². The van der Waals surface area contributed by atoms with Crippen LogP contribution in [0.3, 0.4) is 0 Å². The SMILES string of the molecule is Cc1ccc(S(=O)(=O)N[C@H](CC(C)C)C(=O)Nc2ccc(F)cc2)cc1. The number of carbonyl (C=O) groups is 1. The maximum absolute atomic E-state index is 13.0. The lowest BCUT2D eigenvalue weighted by molar-refractivity contribution is -0.118. The first-order valence-electron chi connectivity index (χ1n) is 8.33.